The van der Waals surface area contributed by atoms with E-state index in [2.05, 4.69) is 0 Å². The van der Waals surface area contributed by atoms with E-state index < -0.39 is 16.0 Å². The lowest BCUT2D eigenvalue weighted by atomic mass is 10.1. The van der Waals surface area contributed by atoms with Crippen molar-refractivity contribution in [3.05, 3.63) is 29.3 Å². The van der Waals surface area contributed by atoms with Crippen LogP contribution < -0.4 is 0 Å². The molecule has 22 heavy (non-hydrogen) atoms. The van der Waals surface area contributed by atoms with Crippen LogP contribution in [0, 0.1) is 6.92 Å². The molecule has 0 saturated heterocycles. The minimum Gasteiger partial charge on any atom is -0.478 e. The first kappa shape index (κ1) is 18.6. The van der Waals surface area contributed by atoms with E-state index in [0.29, 0.717) is 18.7 Å². The van der Waals surface area contributed by atoms with Crippen LogP contribution in [0.4, 0.5) is 0 Å². The van der Waals surface area contributed by atoms with Crippen molar-refractivity contribution in [2.45, 2.75) is 51.3 Å². The van der Waals surface area contributed by atoms with Gasteiger partial charge in [0.05, 0.1) is 10.5 Å². The topological polar surface area (TPSA) is 74.7 Å². The molecule has 1 aromatic rings. The molecule has 0 aliphatic heterocycles. The zero-order chi connectivity index (χ0) is 16.8. The normalized spacial score (nSPS) is 11.8. The maximum absolute atomic E-state index is 12.8. The molecule has 0 saturated carbocycles. The number of carbonyl (C=O) groups is 1. The number of aryl methyl sites for hydroxylation is 1. The summed E-state index contributed by atoms with van der Waals surface area (Å²) in [5.74, 6) is -1.11. The van der Waals surface area contributed by atoms with E-state index in [1.54, 1.807) is 13.0 Å². The first-order valence-corrected chi connectivity index (χ1v) is 9.12. The van der Waals surface area contributed by atoms with E-state index in [9.17, 15) is 13.2 Å². The predicted molar refractivity (Wildman–Crippen MR) is 86.7 cm³/mol. The smallest absolute Gasteiger partial charge is 0.335 e. The summed E-state index contributed by atoms with van der Waals surface area (Å²) in [6.07, 6.45) is 3.40. The average Bonchev–Trinajstić information content (AvgIpc) is 2.47. The second kappa shape index (κ2) is 8.29. The molecule has 0 aliphatic rings. The first-order valence-electron chi connectivity index (χ1n) is 7.68. The molecule has 0 bridgehead atoms. The van der Waals surface area contributed by atoms with E-state index in [1.807, 2.05) is 13.8 Å². The Morgan fingerprint density at radius 1 is 1.14 bits per heavy atom. The van der Waals surface area contributed by atoms with Gasteiger partial charge in [0.2, 0.25) is 10.0 Å². The Morgan fingerprint density at radius 3 is 2.14 bits per heavy atom. The van der Waals surface area contributed by atoms with Crippen LogP contribution in [0.2, 0.25) is 0 Å². The third-order valence-electron chi connectivity index (χ3n) is 3.60. The van der Waals surface area contributed by atoms with Gasteiger partial charge in [0.25, 0.3) is 0 Å². The van der Waals surface area contributed by atoms with Crippen LogP contribution >= 0.6 is 0 Å². The number of nitrogens with zero attached hydrogens (tertiary/aromatic N) is 1. The van der Waals surface area contributed by atoms with Crippen molar-refractivity contribution in [3.8, 4) is 0 Å². The number of hydrogen-bond donors (Lipinski definition) is 1. The summed E-state index contributed by atoms with van der Waals surface area (Å²) in [6.45, 7) is 6.62. The van der Waals surface area contributed by atoms with Crippen molar-refractivity contribution in [1.29, 1.82) is 0 Å². The summed E-state index contributed by atoms with van der Waals surface area (Å²) < 4.78 is 27.0. The minimum atomic E-state index is -3.65. The van der Waals surface area contributed by atoms with Crippen LogP contribution in [-0.2, 0) is 10.0 Å². The molecule has 5 nitrogen and oxygen atoms in total. The number of carboxylic acid groups (broad SMARTS) is 1. The van der Waals surface area contributed by atoms with Gasteiger partial charge in [0.1, 0.15) is 0 Å². The average molecular weight is 327 g/mol. The molecule has 0 atom stereocenters. The molecule has 1 aromatic carbocycles. The Hall–Kier alpha value is -1.40. The Balaban J connectivity index is 3.18. The second-order valence-corrected chi connectivity index (χ2v) is 7.33. The van der Waals surface area contributed by atoms with Crippen molar-refractivity contribution < 1.29 is 18.3 Å². The molecule has 0 heterocycles. The van der Waals surface area contributed by atoms with Gasteiger partial charge in [-0.25, -0.2) is 13.2 Å². The lowest BCUT2D eigenvalue weighted by molar-refractivity contribution is 0.0696. The zero-order valence-electron chi connectivity index (χ0n) is 13.5. The number of benzene rings is 1. The molecule has 1 rings (SSSR count). The monoisotopic (exact) mass is 327 g/mol. The Bertz CT molecular complexity index is 603. The highest BCUT2D eigenvalue weighted by atomic mass is 32.2. The SMILES string of the molecule is CCCCN(CCCC)S(=O)(=O)c1ccc(C)c(C(=O)O)c1. The van der Waals surface area contributed by atoms with Gasteiger partial charge in [-0.3, -0.25) is 0 Å². The van der Waals surface area contributed by atoms with E-state index in [-0.39, 0.29) is 10.5 Å². The van der Waals surface area contributed by atoms with Gasteiger partial charge < -0.3 is 5.11 Å². The van der Waals surface area contributed by atoms with E-state index in [4.69, 9.17) is 5.11 Å². The van der Waals surface area contributed by atoms with Gasteiger partial charge in [0, 0.05) is 13.1 Å². The van der Waals surface area contributed by atoms with Gasteiger partial charge >= 0.3 is 5.97 Å². The lowest BCUT2D eigenvalue weighted by Crippen LogP contribution is -2.33. The fourth-order valence-corrected chi connectivity index (χ4v) is 3.71. The largest absolute Gasteiger partial charge is 0.478 e. The molecular weight excluding hydrogens is 302 g/mol. The number of rotatable bonds is 9. The molecule has 0 radical (unpaired) electrons. The van der Waals surface area contributed by atoms with E-state index in [1.165, 1.54) is 16.4 Å². The Labute approximate surface area is 133 Å². The van der Waals surface area contributed by atoms with Gasteiger partial charge in [-0.05, 0) is 37.5 Å². The third-order valence-corrected chi connectivity index (χ3v) is 5.49. The molecule has 124 valence electrons. The molecular formula is C16H25NO4S. The van der Waals surface area contributed by atoms with Crippen molar-refractivity contribution in [1.82, 2.24) is 4.31 Å². The van der Waals surface area contributed by atoms with Crippen molar-refractivity contribution in [2.24, 2.45) is 0 Å². The van der Waals surface area contributed by atoms with Crippen molar-refractivity contribution in [2.75, 3.05) is 13.1 Å². The van der Waals surface area contributed by atoms with Gasteiger partial charge in [0.15, 0.2) is 0 Å². The van der Waals surface area contributed by atoms with Crippen molar-refractivity contribution >= 4 is 16.0 Å². The van der Waals surface area contributed by atoms with Crippen LogP contribution in [0.3, 0.4) is 0 Å². The predicted octanol–water partition coefficient (Wildman–Crippen LogP) is 3.28. The van der Waals surface area contributed by atoms with Crippen LogP contribution in [-0.4, -0.2) is 36.9 Å². The fourth-order valence-electron chi connectivity index (χ4n) is 2.16. The summed E-state index contributed by atoms with van der Waals surface area (Å²) in [6, 6.07) is 4.30. The van der Waals surface area contributed by atoms with Gasteiger partial charge in [-0.2, -0.15) is 4.31 Å². The van der Waals surface area contributed by atoms with Crippen LogP contribution in [0.25, 0.3) is 0 Å². The molecule has 0 aromatic heterocycles. The number of unbranched alkanes of at least 4 members (excludes halogenated alkanes) is 2. The Kier molecular flexibility index (Phi) is 7.03. The minimum absolute atomic E-state index is 0.0343. The molecule has 0 unspecified atom stereocenters. The lowest BCUT2D eigenvalue weighted by Gasteiger charge is -2.22. The second-order valence-electron chi connectivity index (χ2n) is 5.39. The quantitative estimate of drug-likeness (QED) is 0.755. The summed E-state index contributed by atoms with van der Waals surface area (Å²) in [4.78, 5) is 11.3. The molecule has 0 amide bonds. The fraction of sp³-hybridized carbons (Fsp3) is 0.562. The molecule has 0 spiro atoms. The highest BCUT2D eigenvalue weighted by Crippen LogP contribution is 2.20. The number of aromatic carboxylic acids is 1. The van der Waals surface area contributed by atoms with Crippen molar-refractivity contribution in [3.63, 3.8) is 0 Å². The van der Waals surface area contributed by atoms with Gasteiger partial charge in [-0.1, -0.05) is 32.8 Å². The van der Waals surface area contributed by atoms with E-state index >= 15 is 0 Å². The number of carboxylic acids is 1. The Morgan fingerprint density at radius 2 is 1.68 bits per heavy atom. The highest BCUT2D eigenvalue weighted by molar-refractivity contribution is 7.89. The molecule has 0 fully saturated rings. The number of hydrogen-bond acceptors (Lipinski definition) is 3. The van der Waals surface area contributed by atoms with Crippen LogP contribution in [0.15, 0.2) is 23.1 Å². The summed E-state index contributed by atoms with van der Waals surface area (Å²) in [5.41, 5.74) is 0.590. The first-order chi connectivity index (χ1) is 10.3. The molecule has 6 heteroatoms. The van der Waals surface area contributed by atoms with E-state index in [0.717, 1.165) is 25.7 Å². The third kappa shape index (κ3) is 4.55. The van der Waals surface area contributed by atoms with Crippen LogP contribution in [0.5, 0.6) is 0 Å². The maximum Gasteiger partial charge on any atom is 0.335 e. The zero-order valence-corrected chi connectivity index (χ0v) is 14.3. The summed E-state index contributed by atoms with van der Waals surface area (Å²) in [5, 5.41) is 9.17. The summed E-state index contributed by atoms with van der Waals surface area (Å²) >= 11 is 0. The van der Waals surface area contributed by atoms with Crippen LogP contribution in [0.1, 0.15) is 55.5 Å². The van der Waals surface area contributed by atoms with Gasteiger partial charge in [-0.15, -0.1) is 0 Å². The summed E-state index contributed by atoms with van der Waals surface area (Å²) in [7, 11) is -3.65. The number of sulfonamides is 1. The standard InChI is InChI=1S/C16H25NO4S/c1-4-6-10-17(11-7-5-2)22(20,21)14-9-8-13(3)15(12-14)16(18)19/h8-9,12H,4-7,10-11H2,1-3H3,(H,18,19). The molecule has 0 aliphatic carbocycles. The highest BCUT2D eigenvalue weighted by Gasteiger charge is 2.25. The molecule has 1 N–H and O–H groups in total. The maximum atomic E-state index is 12.8.